The molecule has 1 aliphatic carbocycles. The number of nitrogens with two attached hydrogens (primary N) is 1. The number of nitrogens with one attached hydrogen (secondary N) is 1. The number of carbonyl (C=O) groups is 1. The summed E-state index contributed by atoms with van der Waals surface area (Å²) in [7, 11) is 1.65. The van der Waals surface area contributed by atoms with E-state index in [4.69, 9.17) is 10.5 Å². The molecule has 3 N–H and O–H groups in total. The van der Waals surface area contributed by atoms with Crippen LogP contribution < -0.4 is 5.73 Å². The predicted octanol–water partition coefficient (Wildman–Crippen LogP) is 1.08. The molecular weight excluding hydrogens is 268 g/mol. The second-order valence-electron chi connectivity index (χ2n) is 5.40. The van der Waals surface area contributed by atoms with Crippen molar-refractivity contribution in [2.75, 3.05) is 20.2 Å². The van der Waals surface area contributed by atoms with Gasteiger partial charge in [0.05, 0.1) is 24.4 Å². The van der Waals surface area contributed by atoms with Crippen molar-refractivity contribution in [2.24, 2.45) is 5.73 Å². The molecule has 2 aliphatic rings. The third-order valence-corrected chi connectivity index (χ3v) is 4.13. The Kier molecular flexibility index (Phi) is 3.55. The molecule has 0 fully saturated rings. The largest absolute Gasteiger partial charge is 0.497 e. The second-order valence-corrected chi connectivity index (χ2v) is 5.40. The Balaban J connectivity index is 2.05. The molecule has 3 rings (SSSR count). The van der Waals surface area contributed by atoms with E-state index in [2.05, 4.69) is 10.2 Å². The molecule has 0 aromatic carbocycles. The van der Waals surface area contributed by atoms with Crippen LogP contribution in [0.1, 0.15) is 34.1 Å². The quantitative estimate of drug-likeness (QED) is 0.868. The fourth-order valence-corrected chi connectivity index (χ4v) is 3.07. The van der Waals surface area contributed by atoms with E-state index in [1.54, 1.807) is 7.11 Å². The molecule has 1 aromatic rings. The molecular formula is C15H20N4O2. The van der Waals surface area contributed by atoms with Crippen LogP contribution in [0, 0.1) is 6.92 Å². The van der Waals surface area contributed by atoms with Gasteiger partial charge in [0.2, 0.25) is 0 Å². The van der Waals surface area contributed by atoms with E-state index in [1.807, 2.05) is 30.1 Å². The Morgan fingerprint density at radius 3 is 3.05 bits per heavy atom. The van der Waals surface area contributed by atoms with Gasteiger partial charge in [-0.1, -0.05) is 6.08 Å². The minimum atomic E-state index is -0.0156. The van der Waals surface area contributed by atoms with Crippen LogP contribution in [-0.4, -0.2) is 47.2 Å². The standard InChI is InChI=1S/C15H20N4O2/c1-9-13-14(18-17-9)11-8-10(21-2)4-5-12(11)19(15(13)20)7-3-6-16/h4-5,8,11-12H,3,6-7,16H2,1-2H3,(H,17,18). The van der Waals surface area contributed by atoms with Crippen LogP contribution in [0.4, 0.5) is 0 Å². The molecule has 2 heterocycles. The molecule has 0 spiro atoms. The summed E-state index contributed by atoms with van der Waals surface area (Å²) in [6, 6.07) is -0.0156. The molecule has 1 aliphatic heterocycles. The van der Waals surface area contributed by atoms with Gasteiger partial charge >= 0.3 is 0 Å². The zero-order valence-corrected chi connectivity index (χ0v) is 12.3. The average molecular weight is 288 g/mol. The lowest BCUT2D eigenvalue weighted by Gasteiger charge is -2.39. The van der Waals surface area contributed by atoms with E-state index in [9.17, 15) is 4.79 Å². The lowest BCUT2D eigenvalue weighted by molar-refractivity contribution is 0.0668. The number of methoxy groups -OCH3 is 1. The van der Waals surface area contributed by atoms with Crippen molar-refractivity contribution in [3.8, 4) is 0 Å². The summed E-state index contributed by atoms with van der Waals surface area (Å²) >= 11 is 0. The highest BCUT2D eigenvalue weighted by molar-refractivity contribution is 5.98. The van der Waals surface area contributed by atoms with Crippen LogP contribution in [0.2, 0.25) is 0 Å². The van der Waals surface area contributed by atoms with Crippen LogP contribution >= 0.6 is 0 Å². The van der Waals surface area contributed by atoms with Crippen molar-refractivity contribution < 1.29 is 9.53 Å². The fourth-order valence-electron chi connectivity index (χ4n) is 3.07. The van der Waals surface area contributed by atoms with Crippen molar-refractivity contribution in [2.45, 2.75) is 25.3 Å². The molecule has 0 saturated carbocycles. The number of aryl methyl sites for hydroxylation is 1. The number of H-pyrrole nitrogens is 1. The van der Waals surface area contributed by atoms with Crippen LogP contribution in [0.3, 0.4) is 0 Å². The molecule has 21 heavy (non-hydrogen) atoms. The van der Waals surface area contributed by atoms with E-state index >= 15 is 0 Å². The fraction of sp³-hybridized carbons (Fsp3) is 0.467. The number of fused-ring (bicyclic) bond motifs is 3. The second kappa shape index (κ2) is 5.37. The normalized spacial score (nSPS) is 23.7. The van der Waals surface area contributed by atoms with Crippen molar-refractivity contribution in [1.29, 1.82) is 0 Å². The van der Waals surface area contributed by atoms with Crippen LogP contribution in [0.25, 0.3) is 0 Å². The first-order chi connectivity index (χ1) is 10.2. The van der Waals surface area contributed by atoms with Gasteiger partial charge in [-0.3, -0.25) is 9.89 Å². The number of carbonyl (C=O) groups excluding carboxylic acids is 1. The number of amides is 1. The van der Waals surface area contributed by atoms with E-state index in [0.717, 1.165) is 23.6 Å². The highest BCUT2D eigenvalue weighted by Gasteiger charge is 2.41. The van der Waals surface area contributed by atoms with Crippen molar-refractivity contribution in [1.82, 2.24) is 15.1 Å². The summed E-state index contributed by atoms with van der Waals surface area (Å²) in [5.41, 5.74) is 7.91. The molecule has 2 unspecified atom stereocenters. The molecule has 112 valence electrons. The van der Waals surface area contributed by atoms with Gasteiger partial charge in [-0.05, 0) is 32.0 Å². The van der Waals surface area contributed by atoms with Gasteiger partial charge in [-0.25, -0.2) is 0 Å². The zero-order valence-electron chi connectivity index (χ0n) is 12.3. The summed E-state index contributed by atoms with van der Waals surface area (Å²) in [4.78, 5) is 14.6. The average Bonchev–Trinajstić information content (AvgIpc) is 2.89. The van der Waals surface area contributed by atoms with E-state index in [-0.39, 0.29) is 17.9 Å². The first-order valence-electron chi connectivity index (χ1n) is 7.17. The number of nitrogens with zero attached hydrogens (tertiary/aromatic N) is 2. The first kappa shape index (κ1) is 13.9. The maximum absolute atomic E-state index is 12.7. The van der Waals surface area contributed by atoms with Crippen LogP contribution in [0.15, 0.2) is 24.0 Å². The van der Waals surface area contributed by atoms with E-state index in [1.165, 1.54) is 0 Å². The van der Waals surface area contributed by atoms with Crippen molar-refractivity contribution in [3.63, 3.8) is 0 Å². The molecule has 6 nitrogen and oxygen atoms in total. The number of hydrogen-bond donors (Lipinski definition) is 2. The van der Waals surface area contributed by atoms with Gasteiger partial charge in [-0.2, -0.15) is 5.10 Å². The molecule has 0 bridgehead atoms. The molecule has 6 heteroatoms. The van der Waals surface area contributed by atoms with Crippen LogP contribution in [0.5, 0.6) is 0 Å². The third-order valence-electron chi connectivity index (χ3n) is 4.13. The number of aromatic nitrogens is 2. The molecule has 0 radical (unpaired) electrons. The smallest absolute Gasteiger partial charge is 0.258 e. The molecule has 0 saturated heterocycles. The lowest BCUT2D eigenvalue weighted by atomic mass is 9.83. The van der Waals surface area contributed by atoms with Gasteiger partial charge in [0.1, 0.15) is 5.76 Å². The number of rotatable bonds is 4. The number of aromatic amines is 1. The Bertz CT molecular complexity index is 617. The third kappa shape index (κ3) is 2.15. The zero-order chi connectivity index (χ0) is 15.0. The first-order valence-corrected chi connectivity index (χ1v) is 7.17. The summed E-state index contributed by atoms with van der Waals surface area (Å²) < 4.78 is 5.32. The monoisotopic (exact) mass is 288 g/mol. The van der Waals surface area contributed by atoms with Crippen molar-refractivity contribution in [3.05, 3.63) is 40.9 Å². The summed E-state index contributed by atoms with van der Waals surface area (Å²) in [6.45, 7) is 3.10. The van der Waals surface area contributed by atoms with Gasteiger partial charge in [0.15, 0.2) is 0 Å². The van der Waals surface area contributed by atoms with Crippen molar-refractivity contribution >= 4 is 5.91 Å². The van der Waals surface area contributed by atoms with Gasteiger partial charge in [0, 0.05) is 18.2 Å². The number of hydrogen-bond acceptors (Lipinski definition) is 4. The topological polar surface area (TPSA) is 84.2 Å². The van der Waals surface area contributed by atoms with Crippen LogP contribution in [-0.2, 0) is 4.74 Å². The Morgan fingerprint density at radius 1 is 1.52 bits per heavy atom. The number of allylic oxidation sites excluding steroid dienone is 1. The highest BCUT2D eigenvalue weighted by Crippen LogP contribution is 2.38. The Morgan fingerprint density at radius 2 is 2.33 bits per heavy atom. The van der Waals surface area contributed by atoms with E-state index < -0.39 is 0 Å². The van der Waals surface area contributed by atoms with Gasteiger partial charge in [-0.15, -0.1) is 0 Å². The van der Waals surface area contributed by atoms with E-state index in [0.29, 0.717) is 18.7 Å². The van der Waals surface area contributed by atoms with Gasteiger partial charge < -0.3 is 15.4 Å². The minimum Gasteiger partial charge on any atom is -0.497 e. The maximum Gasteiger partial charge on any atom is 0.258 e. The molecule has 1 amide bonds. The molecule has 2 atom stereocenters. The Hall–Kier alpha value is -2.08. The lowest BCUT2D eigenvalue weighted by Crippen LogP contribution is -2.48. The summed E-state index contributed by atoms with van der Waals surface area (Å²) in [6.07, 6.45) is 6.75. The molecule has 1 aromatic heterocycles. The highest BCUT2D eigenvalue weighted by atomic mass is 16.5. The number of ether oxygens (including phenoxy) is 1. The SMILES string of the molecule is COC1=CC2c3n[nH]c(C)c3C(=O)N(CCCN)C2C=C1. The summed E-state index contributed by atoms with van der Waals surface area (Å²) in [5.74, 6) is 0.862. The predicted molar refractivity (Wildman–Crippen MR) is 78.8 cm³/mol. The summed E-state index contributed by atoms with van der Waals surface area (Å²) in [5, 5.41) is 7.28. The Labute approximate surface area is 123 Å². The minimum absolute atomic E-state index is 0.0156. The maximum atomic E-state index is 12.7. The van der Waals surface area contributed by atoms with Gasteiger partial charge in [0.25, 0.3) is 5.91 Å².